The summed E-state index contributed by atoms with van der Waals surface area (Å²) in [6.45, 7) is 4.59. The van der Waals surface area contributed by atoms with Crippen LogP contribution >= 0.6 is 11.6 Å². The molecule has 0 radical (unpaired) electrons. The van der Waals surface area contributed by atoms with Crippen LogP contribution in [0.15, 0.2) is 12.1 Å². The minimum atomic E-state index is -0.637. The fourth-order valence-electron chi connectivity index (χ4n) is 3.05. The number of carbonyl (C=O) groups excluding carboxylic acids is 1. The second-order valence-electron chi connectivity index (χ2n) is 6.82. The van der Waals surface area contributed by atoms with Crippen molar-refractivity contribution in [2.24, 2.45) is 11.1 Å². The fraction of sp³-hybridized carbons (Fsp3) is 0.562. The molecule has 1 aliphatic heterocycles. The summed E-state index contributed by atoms with van der Waals surface area (Å²) in [4.78, 5) is 11.6. The Hall–Kier alpha value is -1.26. The molecule has 114 valence electrons. The van der Waals surface area contributed by atoms with Crippen LogP contribution in [0.25, 0.3) is 0 Å². The highest BCUT2D eigenvalue weighted by atomic mass is 35.5. The summed E-state index contributed by atoms with van der Waals surface area (Å²) in [5.74, 6) is 0.437. The summed E-state index contributed by atoms with van der Waals surface area (Å²) >= 11 is 6.28. The van der Waals surface area contributed by atoms with E-state index in [9.17, 15) is 4.79 Å². The van der Waals surface area contributed by atoms with E-state index in [1.807, 2.05) is 0 Å². The van der Waals surface area contributed by atoms with Gasteiger partial charge < -0.3 is 15.8 Å². The van der Waals surface area contributed by atoms with E-state index in [4.69, 9.17) is 22.1 Å². The van der Waals surface area contributed by atoms with E-state index >= 15 is 0 Å². The number of anilines is 1. The highest BCUT2D eigenvalue weighted by Gasteiger charge is 2.31. The largest absolute Gasteiger partial charge is 0.489 e. The van der Waals surface area contributed by atoms with Crippen LogP contribution in [0.4, 0.5) is 5.69 Å². The molecule has 0 bridgehead atoms. The van der Waals surface area contributed by atoms with E-state index in [1.165, 1.54) is 0 Å². The van der Waals surface area contributed by atoms with Gasteiger partial charge in [-0.15, -0.1) is 0 Å². The molecule has 1 aliphatic carbocycles. The molecule has 5 heteroatoms. The number of hydrogen-bond donors (Lipinski definition) is 2. The van der Waals surface area contributed by atoms with Crippen molar-refractivity contribution in [3.63, 3.8) is 0 Å². The van der Waals surface area contributed by atoms with Crippen molar-refractivity contribution < 1.29 is 9.53 Å². The van der Waals surface area contributed by atoms with Crippen molar-refractivity contribution in [3.05, 3.63) is 22.7 Å². The van der Waals surface area contributed by atoms with E-state index in [2.05, 4.69) is 19.2 Å². The lowest BCUT2D eigenvalue weighted by Crippen LogP contribution is -2.28. The zero-order chi connectivity index (χ0) is 15.2. The summed E-state index contributed by atoms with van der Waals surface area (Å²) in [6.07, 6.45) is 4.57. The number of benzene rings is 1. The van der Waals surface area contributed by atoms with Crippen LogP contribution in [0.3, 0.4) is 0 Å². The number of hydrogen-bond acceptors (Lipinski definition) is 3. The number of rotatable bonds is 2. The second-order valence-corrected chi connectivity index (χ2v) is 7.23. The van der Waals surface area contributed by atoms with E-state index in [-0.39, 0.29) is 12.0 Å². The van der Waals surface area contributed by atoms with Crippen LogP contribution in [0.2, 0.25) is 5.02 Å². The van der Waals surface area contributed by atoms with Gasteiger partial charge >= 0.3 is 0 Å². The van der Waals surface area contributed by atoms with Gasteiger partial charge in [0.15, 0.2) is 0 Å². The Balaban J connectivity index is 1.76. The first-order valence-electron chi connectivity index (χ1n) is 7.42. The highest BCUT2D eigenvalue weighted by Crippen LogP contribution is 2.41. The summed E-state index contributed by atoms with van der Waals surface area (Å²) in [5, 5.41) is 3.28. The molecule has 1 saturated carbocycles. The summed E-state index contributed by atoms with van der Waals surface area (Å²) in [7, 11) is 0. The lowest BCUT2D eigenvalue weighted by molar-refractivity contribution is -0.116. The number of nitrogens with one attached hydrogen (secondary N) is 1. The molecule has 1 fully saturated rings. The van der Waals surface area contributed by atoms with Crippen molar-refractivity contribution in [2.45, 2.75) is 51.7 Å². The Kier molecular flexibility index (Phi) is 3.62. The maximum atomic E-state index is 11.6. The van der Waals surface area contributed by atoms with Crippen LogP contribution in [0, 0.1) is 5.41 Å². The molecule has 2 aliphatic rings. The van der Waals surface area contributed by atoms with Gasteiger partial charge in [0.25, 0.3) is 0 Å². The van der Waals surface area contributed by atoms with Crippen LogP contribution in [-0.4, -0.2) is 12.0 Å². The van der Waals surface area contributed by atoms with Gasteiger partial charge in [0.2, 0.25) is 5.91 Å². The first kappa shape index (κ1) is 14.7. The Morgan fingerprint density at radius 3 is 2.67 bits per heavy atom. The zero-order valence-corrected chi connectivity index (χ0v) is 13.2. The standard InChI is InChI=1S/C16H21ClN2O2/c1-16(2)5-3-9(4-6-16)21-13-8-12-10(7-11(13)17)14(18)15(20)19-12/h7-9,14H,3-6,18H2,1-2H3,(H,19,20). The van der Waals surface area contributed by atoms with Crippen LogP contribution in [0.5, 0.6) is 5.75 Å². The van der Waals surface area contributed by atoms with Crippen LogP contribution in [0.1, 0.15) is 51.1 Å². The van der Waals surface area contributed by atoms with E-state index in [0.29, 0.717) is 21.9 Å². The molecule has 1 atom stereocenters. The molecular formula is C16H21ClN2O2. The number of nitrogens with two attached hydrogens (primary N) is 1. The maximum absolute atomic E-state index is 11.6. The maximum Gasteiger partial charge on any atom is 0.245 e. The second kappa shape index (κ2) is 5.18. The Bertz CT molecular complexity index is 576. The summed E-state index contributed by atoms with van der Waals surface area (Å²) < 4.78 is 6.05. The molecule has 1 heterocycles. The van der Waals surface area contributed by atoms with E-state index in [1.54, 1.807) is 12.1 Å². The number of carbonyl (C=O) groups is 1. The van der Waals surface area contributed by atoms with Crippen molar-refractivity contribution in [1.82, 2.24) is 0 Å². The molecule has 1 unspecified atom stereocenters. The van der Waals surface area contributed by atoms with Crippen molar-refractivity contribution in [2.75, 3.05) is 5.32 Å². The number of fused-ring (bicyclic) bond motifs is 1. The molecule has 1 aromatic carbocycles. The smallest absolute Gasteiger partial charge is 0.245 e. The van der Waals surface area contributed by atoms with E-state index in [0.717, 1.165) is 31.2 Å². The molecule has 3 rings (SSSR count). The lowest BCUT2D eigenvalue weighted by Gasteiger charge is -2.34. The lowest BCUT2D eigenvalue weighted by atomic mass is 9.76. The van der Waals surface area contributed by atoms with Gasteiger partial charge in [0.05, 0.1) is 11.1 Å². The number of halogens is 1. The zero-order valence-electron chi connectivity index (χ0n) is 12.4. The van der Waals surface area contributed by atoms with Gasteiger partial charge in [-0.25, -0.2) is 0 Å². The van der Waals surface area contributed by atoms with Gasteiger partial charge in [0, 0.05) is 17.3 Å². The fourth-order valence-corrected chi connectivity index (χ4v) is 3.26. The van der Waals surface area contributed by atoms with Gasteiger partial charge in [-0.2, -0.15) is 0 Å². The summed E-state index contributed by atoms with van der Waals surface area (Å²) in [5.41, 5.74) is 7.67. The Morgan fingerprint density at radius 1 is 1.33 bits per heavy atom. The van der Waals surface area contributed by atoms with Crippen molar-refractivity contribution in [1.29, 1.82) is 0 Å². The summed E-state index contributed by atoms with van der Waals surface area (Å²) in [6, 6.07) is 2.89. The molecule has 1 amide bonds. The Morgan fingerprint density at radius 2 is 2.00 bits per heavy atom. The average Bonchev–Trinajstić information content (AvgIpc) is 2.68. The van der Waals surface area contributed by atoms with Crippen LogP contribution in [-0.2, 0) is 4.79 Å². The minimum absolute atomic E-state index is 0.194. The molecule has 3 N–H and O–H groups in total. The van der Waals surface area contributed by atoms with Crippen molar-refractivity contribution >= 4 is 23.2 Å². The van der Waals surface area contributed by atoms with Crippen molar-refractivity contribution in [3.8, 4) is 5.75 Å². The highest BCUT2D eigenvalue weighted by molar-refractivity contribution is 6.32. The minimum Gasteiger partial charge on any atom is -0.489 e. The SMILES string of the molecule is CC1(C)CCC(Oc2cc3c(cc2Cl)C(N)C(=O)N3)CC1. The molecule has 0 saturated heterocycles. The molecule has 21 heavy (non-hydrogen) atoms. The number of amides is 1. The predicted molar refractivity (Wildman–Crippen MR) is 83.7 cm³/mol. The monoisotopic (exact) mass is 308 g/mol. The molecule has 0 aromatic heterocycles. The first-order chi connectivity index (χ1) is 9.85. The molecular weight excluding hydrogens is 288 g/mol. The third kappa shape index (κ3) is 2.87. The average molecular weight is 309 g/mol. The van der Waals surface area contributed by atoms with E-state index < -0.39 is 6.04 Å². The third-order valence-corrected chi connectivity index (χ3v) is 4.85. The normalized spacial score (nSPS) is 24.6. The molecule has 4 nitrogen and oxygen atoms in total. The van der Waals surface area contributed by atoms with Crippen LogP contribution < -0.4 is 15.8 Å². The number of ether oxygens (including phenoxy) is 1. The predicted octanol–water partition coefficient (Wildman–Crippen LogP) is 3.64. The third-order valence-electron chi connectivity index (χ3n) is 4.56. The molecule has 1 aromatic rings. The first-order valence-corrected chi connectivity index (χ1v) is 7.80. The van der Waals surface area contributed by atoms with Gasteiger partial charge in [-0.1, -0.05) is 25.4 Å². The quantitative estimate of drug-likeness (QED) is 0.876. The topological polar surface area (TPSA) is 64.3 Å². The van der Waals surface area contributed by atoms with Gasteiger partial charge in [-0.05, 0) is 37.2 Å². The Labute approximate surface area is 130 Å². The molecule has 0 spiro atoms. The van der Waals surface area contributed by atoms with Gasteiger partial charge in [0.1, 0.15) is 11.8 Å². The van der Waals surface area contributed by atoms with Gasteiger partial charge in [-0.3, -0.25) is 4.79 Å².